The molecule has 0 aliphatic carbocycles. The maximum absolute atomic E-state index is 12.7. The fourth-order valence-corrected chi connectivity index (χ4v) is 4.13. The molecule has 1 amide bonds. The number of sulfonamides is 1. The van der Waals surface area contributed by atoms with Gasteiger partial charge >= 0.3 is 0 Å². The van der Waals surface area contributed by atoms with Gasteiger partial charge in [0, 0.05) is 22.8 Å². The van der Waals surface area contributed by atoms with Crippen molar-refractivity contribution in [2.24, 2.45) is 5.92 Å². The third-order valence-corrected chi connectivity index (χ3v) is 6.09. The summed E-state index contributed by atoms with van der Waals surface area (Å²) in [5.41, 5.74) is 0.729. The molecule has 0 fully saturated rings. The van der Waals surface area contributed by atoms with Crippen LogP contribution in [0.25, 0.3) is 0 Å². The van der Waals surface area contributed by atoms with E-state index in [9.17, 15) is 13.2 Å². The minimum absolute atomic E-state index is 0.0988. The van der Waals surface area contributed by atoms with E-state index in [1.165, 1.54) is 12.1 Å². The molecule has 2 aromatic rings. The van der Waals surface area contributed by atoms with Gasteiger partial charge in [0.15, 0.2) is 0 Å². The number of nitrogens with zero attached hydrogens (tertiary/aromatic N) is 1. The van der Waals surface area contributed by atoms with Crippen molar-refractivity contribution in [1.29, 1.82) is 0 Å². The summed E-state index contributed by atoms with van der Waals surface area (Å²) < 4.78 is 34.2. The van der Waals surface area contributed by atoms with E-state index < -0.39 is 22.0 Å². The van der Waals surface area contributed by atoms with E-state index in [0.717, 1.165) is 16.5 Å². The number of aromatic nitrogens is 1. The van der Waals surface area contributed by atoms with E-state index in [2.05, 4.69) is 31.0 Å². The molecule has 0 bridgehead atoms. The lowest BCUT2D eigenvalue weighted by Gasteiger charge is -2.22. The predicted molar refractivity (Wildman–Crippen MR) is 115 cm³/mol. The lowest BCUT2D eigenvalue weighted by molar-refractivity contribution is -0.123. The molecular weight excluding hydrogens is 458 g/mol. The zero-order chi connectivity index (χ0) is 21.4. The van der Waals surface area contributed by atoms with Crippen molar-refractivity contribution in [1.82, 2.24) is 15.0 Å². The van der Waals surface area contributed by atoms with Crippen LogP contribution in [0.4, 0.5) is 0 Å². The Labute approximate surface area is 180 Å². The van der Waals surface area contributed by atoms with Crippen molar-refractivity contribution in [3.8, 4) is 5.88 Å². The van der Waals surface area contributed by atoms with Crippen LogP contribution in [0.1, 0.15) is 32.8 Å². The van der Waals surface area contributed by atoms with Crippen LogP contribution >= 0.6 is 15.9 Å². The number of pyridine rings is 1. The number of benzene rings is 1. The number of rotatable bonds is 10. The maximum atomic E-state index is 12.7. The van der Waals surface area contributed by atoms with Gasteiger partial charge < -0.3 is 10.1 Å². The Morgan fingerprint density at radius 2 is 1.90 bits per heavy atom. The van der Waals surface area contributed by atoms with Gasteiger partial charge in [-0.25, -0.2) is 13.4 Å². The van der Waals surface area contributed by atoms with Gasteiger partial charge in [-0.2, -0.15) is 4.72 Å². The molecule has 2 rings (SSSR count). The Hall–Kier alpha value is -1.97. The summed E-state index contributed by atoms with van der Waals surface area (Å²) >= 11 is 3.28. The minimum atomic E-state index is -3.84. The zero-order valence-electron chi connectivity index (χ0n) is 16.7. The van der Waals surface area contributed by atoms with Crippen LogP contribution in [0.3, 0.4) is 0 Å². The molecule has 0 aliphatic rings. The average molecular weight is 484 g/mol. The fraction of sp³-hybridized carbons (Fsp3) is 0.400. The second kappa shape index (κ2) is 10.7. The summed E-state index contributed by atoms with van der Waals surface area (Å²) in [6, 6.07) is 8.90. The van der Waals surface area contributed by atoms with E-state index in [1.807, 2.05) is 13.0 Å². The normalized spacial score (nSPS) is 12.6. The SMILES string of the molecule is CCCOc1ncccc1CNC(=O)[C@@H](NS(=O)(=O)c1ccc(Br)cc1)C(C)C. The first-order valence-electron chi connectivity index (χ1n) is 9.37. The highest BCUT2D eigenvalue weighted by Gasteiger charge is 2.28. The van der Waals surface area contributed by atoms with Crippen LogP contribution in [-0.2, 0) is 21.4 Å². The summed E-state index contributed by atoms with van der Waals surface area (Å²) in [7, 11) is -3.84. The first-order chi connectivity index (χ1) is 13.7. The van der Waals surface area contributed by atoms with Crippen molar-refractivity contribution >= 4 is 31.9 Å². The first kappa shape index (κ1) is 23.3. The Kier molecular flexibility index (Phi) is 8.60. The van der Waals surface area contributed by atoms with Crippen molar-refractivity contribution in [3.63, 3.8) is 0 Å². The predicted octanol–water partition coefficient (Wildman–Crippen LogP) is 3.25. The molecule has 0 unspecified atom stereocenters. The molecule has 0 aliphatic heterocycles. The highest BCUT2D eigenvalue weighted by Crippen LogP contribution is 2.17. The summed E-state index contributed by atoms with van der Waals surface area (Å²) in [4.78, 5) is 17.0. The van der Waals surface area contributed by atoms with Crippen LogP contribution in [-0.4, -0.2) is 32.0 Å². The molecule has 1 aromatic carbocycles. The smallest absolute Gasteiger partial charge is 0.241 e. The molecule has 9 heteroatoms. The highest BCUT2D eigenvalue weighted by atomic mass is 79.9. The van der Waals surface area contributed by atoms with Crippen LogP contribution in [0.2, 0.25) is 0 Å². The Morgan fingerprint density at radius 1 is 1.21 bits per heavy atom. The van der Waals surface area contributed by atoms with Gasteiger partial charge in [0.2, 0.25) is 21.8 Å². The van der Waals surface area contributed by atoms with Crippen molar-refractivity contribution in [2.45, 2.75) is 44.7 Å². The minimum Gasteiger partial charge on any atom is -0.477 e. The average Bonchev–Trinajstić information content (AvgIpc) is 2.69. The maximum Gasteiger partial charge on any atom is 0.241 e. The Balaban J connectivity index is 2.09. The molecule has 0 radical (unpaired) electrons. The second-order valence-corrected chi connectivity index (χ2v) is 9.46. The second-order valence-electron chi connectivity index (χ2n) is 6.83. The standard InChI is InChI=1S/C20H26BrN3O4S/c1-4-12-28-20-15(6-5-11-22-20)13-23-19(25)18(14(2)3)24-29(26,27)17-9-7-16(21)8-10-17/h5-11,14,18,24H,4,12-13H2,1-3H3,(H,23,25)/t18-/m0/s1. The molecule has 0 saturated carbocycles. The molecule has 0 saturated heterocycles. The summed E-state index contributed by atoms with van der Waals surface area (Å²) in [6.45, 7) is 6.28. The number of carbonyl (C=O) groups excluding carboxylic acids is 1. The van der Waals surface area contributed by atoms with Gasteiger partial charge in [-0.3, -0.25) is 4.79 Å². The number of carbonyl (C=O) groups is 1. The van der Waals surface area contributed by atoms with Gasteiger partial charge in [-0.05, 0) is 42.7 Å². The number of amides is 1. The number of nitrogens with one attached hydrogen (secondary N) is 2. The monoisotopic (exact) mass is 483 g/mol. The van der Waals surface area contributed by atoms with E-state index in [1.54, 1.807) is 38.2 Å². The van der Waals surface area contributed by atoms with Crippen LogP contribution in [0.5, 0.6) is 5.88 Å². The lowest BCUT2D eigenvalue weighted by Crippen LogP contribution is -2.49. The summed E-state index contributed by atoms with van der Waals surface area (Å²) in [5, 5.41) is 2.79. The van der Waals surface area contributed by atoms with Crippen LogP contribution in [0.15, 0.2) is 52.0 Å². The number of halogens is 1. The largest absolute Gasteiger partial charge is 0.477 e. The van der Waals surface area contributed by atoms with Crippen LogP contribution < -0.4 is 14.8 Å². The van der Waals surface area contributed by atoms with Crippen molar-refractivity contribution in [3.05, 3.63) is 52.6 Å². The molecule has 0 spiro atoms. The van der Waals surface area contributed by atoms with Crippen molar-refractivity contribution < 1.29 is 17.9 Å². The zero-order valence-corrected chi connectivity index (χ0v) is 19.1. The van der Waals surface area contributed by atoms with E-state index in [0.29, 0.717) is 12.5 Å². The number of hydrogen-bond donors (Lipinski definition) is 2. The van der Waals surface area contributed by atoms with Gasteiger partial charge in [0.25, 0.3) is 0 Å². The van der Waals surface area contributed by atoms with Gasteiger partial charge in [0.1, 0.15) is 6.04 Å². The quantitative estimate of drug-likeness (QED) is 0.540. The molecule has 158 valence electrons. The molecule has 1 atom stereocenters. The van der Waals surface area contributed by atoms with Crippen molar-refractivity contribution in [2.75, 3.05) is 6.61 Å². The number of ether oxygens (including phenoxy) is 1. The number of hydrogen-bond acceptors (Lipinski definition) is 5. The van der Waals surface area contributed by atoms with E-state index in [-0.39, 0.29) is 17.4 Å². The molecule has 29 heavy (non-hydrogen) atoms. The third-order valence-electron chi connectivity index (χ3n) is 4.10. The summed E-state index contributed by atoms with van der Waals surface area (Å²) in [5.74, 6) is -0.192. The first-order valence-corrected chi connectivity index (χ1v) is 11.6. The highest BCUT2D eigenvalue weighted by molar-refractivity contribution is 9.10. The lowest BCUT2D eigenvalue weighted by atomic mass is 10.0. The Bertz CT molecular complexity index is 918. The summed E-state index contributed by atoms with van der Waals surface area (Å²) in [6.07, 6.45) is 2.47. The topological polar surface area (TPSA) is 97.4 Å². The molecule has 2 N–H and O–H groups in total. The molecular formula is C20H26BrN3O4S. The van der Waals surface area contributed by atoms with Gasteiger partial charge in [-0.1, -0.05) is 42.8 Å². The Morgan fingerprint density at radius 3 is 2.52 bits per heavy atom. The molecule has 1 aromatic heterocycles. The van der Waals surface area contributed by atoms with Gasteiger partial charge in [0.05, 0.1) is 11.5 Å². The van der Waals surface area contributed by atoms with Gasteiger partial charge in [-0.15, -0.1) is 0 Å². The van der Waals surface area contributed by atoms with E-state index in [4.69, 9.17) is 4.74 Å². The van der Waals surface area contributed by atoms with Crippen LogP contribution in [0, 0.1) is 5.92 Å². The fourth-order valence-electron chi connectivity index (χ4n) is 2.52. The van der Waals surface area contributed by atoms with E-state index >= 15 is 0 Å². The third kappa shape index (κ3) is 6.80. The molecule has 1 heterocycles. The molecule has 7 nitrogen and oxygen atoms in total.